The first-order chi connectivity index (χ1) is 7.18. The second kappa shape index (κ2) is 4.48. The Bertz CT molecular complexity index is 354. The van der Waals surface area contributed by atoms with Crippen LogP contribution in [-0.4, -0.2) is 5.11 Å². The molecule has 1 aliphatic rings. The van der Waals surface area contributed by atoms with E-state index >= 15 is 0 Å². The van der Waals surface area contributed by atoms with Gasteiger partial charge in [-0.05, 0) is 42.9 Å². The number of hydrogen-bond donors (Lipinski definition) is 2. The van der Waals surface area contributed by atoms with E-state index in [1.165, 1.54) is 37.7 Å². The van der Waals surface area contributed by atoms with Crippen LogP contribution in [0.1, 0.15) is 49.1 Å². The monoisotopic (exact) mass is 222 g/mol. The molecule has 1 saturated carbocycles. The van der Waals surface area contributed by atoms with Crippen molar-refractivity contribution in [3.8, 4) is 5.75 Å². The maximum absolute atomic E-state index is 10.00. The summed E-state index contributed by atoms with van der Waals surface area (Å²) in [4.78, 5) is 0.718. The predicted molar refractivity (Wildman–Crippen MR) is 65.9 cm³/mol. The zero-order valence-electron chi connectivity index (χ0n) is 9.16. The van der Waals surface area contributed by atoms with Gasteiger partial charge in [0.05, 0.1) is 0 Å². The van der Waals surface area contributed by atoms with Gasteiger partial charge in [0.25, 0.3) is 0 Å². The van der Waals surface area contributed by atoms with Crippen molar-refractivity contribution in [2.45, 2.75) is 49.8 Å². The minimum atomic E-state index is 0.399. The van der Waals surface area contributed by atoms with Gasteiger partial charge < -0.3 is 5.11 Å². The molecule has 82 valence electrons. The summed E-state index contributed by atoms with van der Waals surface area (Å²) in [6.45, 7) is 2.06. The number of phenols is 1. The molecule has 0 radical (unpaired) electrons. The highest BCUT2D eigenvalue weighted by molar-refractivity contribution is 7.80. The summed E-state index contributed by atoms with van der Waals surface area (Å²) in [7, 11) is 0. The standard InChI is InChI=1S/C13H18OS/c1-9-7-11(13(14)12(15)8-9)10-5-3-2-4-6-10/h7-8,10,14-15H,2-6H2,1H3. The molecular weight excluding hydrogens is 204 g/mol. The molecule has 1 aliphatic carbocycles. The van der Waals surface area contributed by atoms with Gasteiger partial charge in [-0.2, -0.15) is 0 Å². The number of rotatable bonds is 1. The molecule has 1 N–H and O–H groups in total. The van der Waals surface area contributed by atoms with Crippen LogP contribution in [0.5, 0.6) is 5.75 Å². The minimum Gasteiger partial charge on any atom is -0.506 e. The molecule has 15 heavy (non-hydrogen) atoms. The molecule has 0 heterocycles. The lowest BCUT2D eigenvalue weighted by atomic mass is 9.83. The Kier molecular flexibility index (Phi) is 3.25. The highest BCUT2D eigenvalue weighted by Crippen LogP contribution is 2.40. The van der Waals surface area contributed by atoms with Gasteiger partial charge in [0.1, 0.15) is 5.75 Å². The van der Waals surface area contributed by atoms with E-state index in [4.69, 9.17) is 0 Å². The molecule has 1 nitrogen and oxygen atoms in total. The molecule has 0 aromatic heterocycles. The van der Waals surface area contributed by atoms with Gasteiger partial charge in [-0.1, -0.05) is 25.3 Å². The molecule has 1 aromatic rings. The Hall–Kier alpha value is -0.630. The Morgan fingerprint density at radius 1 is 1.20 bits per heavy atom. The third-order valence-corrected chi connectivity index (χ3v) is 3.65. The van der Waals surface area contributed by atoms with E-state index in [1.54, 1.807) is 0 Å². The minimum absolute atomic E-state index is 0.399. The first kappa shape index (κ1) is 10.9. The normalized spacial score (nSPS) is 18.0. The summed E-state index contributed by atoms with van der Waals surface area (Å²) in [6.07, 6.45) is 6.35. The van der Waals surface area contributed by atoms with Crippen LogP contribution < -0.4 is 0 Å². The molecule has 0 bridgehead atoms. The zero-order chi connectivity index (χ0) is 10.8. The van der Waals surface area contributed by atoms with Crippen LogP contribution in [0, 0.1) is 6.92 Å². The van der Waals surface area contributed by atoms with Gasteiger partial charge in [-0.15, -0.1) is 12.6 Å². The van der Waals surface area contributed by atoms with Crippen molar-refractivity contribution in [2.24, 2.45) is 0 Å². The number of aryl methyl sites for hydroxylation is 1. The van der Waals surface area contributed by atoms with E-state index in [-0.39, 0.29) is 0 Å². The number of hydrogen-bond acceptors (Lipinski definition) is 2. The van der Waals surface area contributed by atoms with Gasteiger partial charge in [-0.25, -0.2) is 0 Å². The molecule has 1 aromatic carbocycles. The molecule has 0 aliphatic heterocycles. The largest absolute Gasteiger partial charge is 0.506 e. The van der Waals surface area contributed by atoms with Crippen molar-refractivity contribution in [1.29, 1.82) is 0 Å². The van der Waals surface area contributed by atoms with Crippen molar-refractivity contribution in [2.75, 3.05) is 0 Å². The van der Waals surface area contributed by atoms with Crippen molar-refractivity contribution >= 4 is 12.6 Å². The fraction of sp³-hybridized carbons (Fsp3) is 0.538. The smallest absolute Gasteiger partial charge is 0.132 e. The lowest BCUT2D eigenvalue weighted by Gasteiger charge is -2.23. The average Bonchev–Trinajstić information content (AvgIpc) is 2.24. The Labute approximate surface area is 96.9 Å². The first-order valence-corrected chi connectivity index (χ1v) is 6.15. The second-order valence-corrected chi connectivity index (χ2v) is 5.04. The first-order valence-electron chi connectivity index (χ1n) is 5.71. The third kappa shape index (κ3) is 2.31. The molecule has 2 heteroatoms. The van der Waals surface area contributed by atoms with E-state index < -0.39 is 0 Å². The maximum Gasteiger partial charge on any atom is 0.132 e. The molecule has 0 atom stereocenters. The summed E-state index contributed by atoms with van der Waals surface area (Å²) in [5, 5.41) is 10.00. The third-order valence-electron chi connectivity index (χ3n) is 3.31. The zero-order valence-corrected chi connectivity index (χ0v) is 10.1. The van der Waals surface area contributed by atoms with Gasteiger partial charge in [0.15, 0.2) is 0 Å². The van der Waals surface area contributed by atoms with Crippen LogP contribution in [0.4, 0.5) is 0 Å². The molecule has 0 amide bonds. The quantitative estimate of drug-likeness (QED) is 0.687. The van der Waals surface area contributed by atoms with E-state index in [0.717, 1.165) is 10.5 Å². The van der Waals surface area contributed by atoms with Gasteiger partial charge in [0.2, 0.25) is 0 Å². The molecule has 0 saturated heterocycles. The van der Waals surface area contributed by atoms with Crippen molar-refractivity contribution in [3.05, 3.63) is 23.3 Å². The number of phenolic OH excluding ortho intramolecular Hbond substituents is 1. The van der Waals surface area contributed by atoms with Crippen LogP contribution in [0.15, 0.2) is 17.0 Å². The van der Waals surface area contributed by atoms with E-state index in [1.807, 2.05) is 6.07 Å². The number of aromatic hydroxyl groups is 1. The van der Waals surface area contributed by atoms with Crippen molar-refractivity contribution in [3.63, 3.8) is 0 Å². The Morgan fingerprint density at radius 3 is 2.53 bits per heavy atom. The predicted octanol–water partition coefficient (Wildman–Crippen LogP) is 4.04. The second-order valence-electron chi connectivity index (χ2n) is 4.56. The molecule has 0 unspecified atom stereocenters. The Morgan fingerprint density at radius 2 is 1.87 bits per heavy atom. The van der Waals surface area contributed by atoms with Crippen LogP contribution in [0.3, 0.4) is 0 Å². The van der Waals surface area contributed by atoms with Crippen LogP contribution in [-0.2, 0) is 0 Å². The summed E-state index contributed by atoms with van der Waals surface area (Å²) in [5.74, 6) is 0.945. The van der Waals surface area contributed by atoms with E-state index in [2.05, 4.69) is 25.6 Å². The van der Waals surface area contributed by atoms with E-state index in [0.29, 0.717) is 11.7 Å². The average molecular weight is 222 g/mol. The number of benzene rings is 1. The molecule has 0 spiro atoms. The molecule has 2 rings (SSSR count). The van der Waals surface area contributed by atoms with Crippen molar-refractivity contribution < 1.29 is 5.11 Å². The maximum atomic E-state index is 10.00. The summed E-state index contributed by atoms with van der Waals surface area (Å²) < 4.78 is 0. The topological polar surface area (TPSA) is 20.2 Å². The van der Waals surface area contributed by atoms with E-state index in [9.17, 15) is 5.11 Å². The Balaban J connectivity index is 2.33. The fourth-order valence-corrected chi connectivity index (χ4v) is 2.84. The lowest BCUT2D eigenvalue weighted by molar-refractivity contribution is 0.408. The summed E-state index contributed by atoms with van der Waals surface area (Å²) in [5.41, 5.74) is 2.30. The highest BCUT2D eigenvalue weighted by atomic mass is 32.1. The SMILES string of the molecule is Cc1cc(S)c(O)c(C2CCCCC2)c1. The van der Waals surface area contributed by atoms with Gasteiger partial charge in [-0.3, -0.25) is 0 Å². The number of thiol groups is 1. The molecular formula is C13H18OS. The summed E-state index contributed by atoms with van der Waals surface area (Å²) >= 11 is 4.31. The van der Waals surface area contributed by atoms with Gasteiger partial charge >= 0.3 is 0 Å². The van der Waals surface area contributed by atoms with Crippen LogP contribution in [0.2, 0.25) is 0 Å². The van der Waals surface area contributed by atoms with Crippen LogP contribution in [0.25, 0.3) is 0 Å². The van der Waals surface area contributed by atoms with Crippen molar-refractivity contribution in [1.82, 2.24) is 0 Å². The lowest BCUT2D eigenvalue weighted by Crippen LogP contribution is -2.05. The fourth-order valence-electron chi connectivity index (χ4n) is 2.51. The molecule has 1 fully saturated rings. The summed E-state index contributed by atoms with van der Waals surface area (Å²) in [6, 6.07) is 4.04. The van der Waals surface area contributed by atoms with Crippen LogP contribution >= 0.6 is 12.6 Å². The highest BCUT2D eigenvalue weighted by Gasteiger charge is 2.19. The van der Waals surface area contributed by atoms with Gasteiger partial charge in [0, 0.05) is 4.90 Å².